The van der Waals surface area contributed by atoms with Gasteiger partial charge in [-0.1, -0.05) is 6.92 Å². The first-order valence-corrected chi connectivity index (χ1v) is 9.52. The molecule has 2 rings (SSSR count). The van der Waals surface area contributed by atoms with Crippen LogP contribution in [0.4, 0.5) is 0 Å². The van der Waals surface area contributed by atoms with Gasteiger partial charge in [0, 0.05) is 19.6 Å². The van der Waals surface area contributed by atoms with E-state index in [2.05, 4.69) is 27.4 Å². The Morgan fingerprint density at radius 2 is 2.32 bits per heavy atom. The van der Waals surface area contributed by atoms with Crippen LogP contribution in [0.1, 0.15) is 45.8 Å². The number of guanidine groups is 1. The van der Waals surface area contributed by atoms with Crippen LogP contribution in [0.2, 0.25) is 0 Å². The summed E-state index contributed by atoms with van der Waals surface area (Å²) in [5.74, 6) is 2.09. The Labute approximate surface area is 151 Å². The molecule has 0 amide bonds. The first-order chi connectivity index (χ1) is 12.0. The van der Waals surface area contributed by atoms with E-state index in [4.69, 9.17) is 4.42 Å². The summed E-state index contributed by atoms with van der Waals surface area (Å²) < 4.78 is 5.30. The fourth-order valence-electron chi connectivity index (χ4n) is 3.24. The molecule has 1 aliphatic heterocycles. The number of hydrogen-bond donors (Lipinski definition) is 3. The highest BCUT2D eigenvalue weighted by Gasteiger charge is 2.26. The quantitative estimate of drug-likeness (QED) is 0.381. The molecule has 2 heterocycles. The molecule has 25 heavy (non-hydrogen) atoms. The van der Waals surface area contributed by atoms with Crippen LogP contribution >= 0.6 is 0 Å². The highest BCUT2D eigenvalue weighted by atomic mass is 16.4. The van der Waals surface area contributed by atoms with E-state index in [0.29, 0.717) is 5.76 Å². The number of nitrogens with one attached hydrogen (secondary N) is 2. The summed E-state index contributed by atoms with van der Waals surface area (Å²) in [6, 6.07) is 3.55. The normalized spacial score (nSPS) is 21.8. The van der Waals surface area contributed by atoms with E-state index < -0.39 is 5.60 Å². The standard InChI is InChI=1S/C19H34N4O2/c1-4-20-18(22-15-19(3,24)17-9-6-13-25-17)21-10-7-12-23-11-5-8-16(2)14-23/h6,9,13,16,24H,4-5,7-8,10-12,14-15H2,1-3H3,(H2,20,21,22). The minimum atomic E-state index is -1.10. The fourth-order valence-corrected chi connectivity index (χ4v) is 3.24. The van der Waals surface area contributed by atoms with Gasteiger partial charge in [0.2, 0.25) is 0 Å². The molecule has 0 saturated carbocycles. The van der Waals surface area contributed by atoms with Crippen LogP contribution in [-0.4, -0.2) is 55.2 Å². The number of nitrogens with zero attached hydrogens (tertiary/aromatic N) is 2. The molecule has 0 spiro atoms. The van der Waals surface area contributed by atoms with E-state index in [1.54, 1.807) is 25.3 Å². The maximum atomic E-state index is 10.5. The molecule has 1 aliphatic rings. The monoisotopic (exact) mass is 350 g/mol. The summed E-state index contributed by atoms with van der Waals surface area (Å²) in [4.78, 5) is 7.07. The second-order valence-corrected chi connectivity index (χ2v) is 7.27. The molecule has 1 saturated heterocycles. The summed E-state index contributed by atoms with van der Waals surface area (Å²) in [5.41, 5.74) is -1.10. The van der Waals surface area contributed by atoms with E-state index in [1.807, 2.05) is 6.92 Å². The Morgan fingerprint density at radius 1 is 1.48 bits per heavy atom. The lowest BCUT2D eigenvalue weighted by atomic mass is 10.0. The van der Waals surface area contributed by atoms with E-state index >= 15 is 0 Å². The van der Waals surface area contributed by atoms with E-state index in [-0.39, 0.29) is 6.54 Å². The van der Waals surface area contributed by atoms with Crippen molar-refractivity contribution in [3.63, 3.8) is 0 Å². The first-order valence-electron chi connectivity index (χ1n) is 9.52. The molecule has 1 aromatic rings. The summed E-state index contributed by atoms with van der Waals surface area (Å²) in [7, 11) is 0. The molecule has 2 atom stereocenters. The van der Waals surface area contributed by atoms with Crippen molar-refractivity contribution < 1.29 is 9.52 Å². The van der Waals surface area contributed by atoms with Crippen molar-refractivity contribution in [2.75, 3.05) is 39.3 Å². The third-order valence-corrected chi connectivity index (χ3v) is 4.63. The van der Waals surface area contributed by atoms with Crippen molar-refractivity contribution in [3.8, 4) is 0 Å². The van der Waals surface area contributed by atoms with Gasteiger partial charge in [-0.15, -0.1) is 0 Å². The van der Waals surface area contributed by atoms with Gasteiger partial charge in [-0.25, -0.2) is 4.99 Å². The number of furan rings is 1. The smallest absolute Gasteiger partial charge is 0.191 e. The third kappa shape index (κ3) is 6.71. The molecule has 0 bridgehead atoms. The van der Waals surface area contributed by atoms with Gasteiger partial charge < -0.3 is 25.1 Å². The SMILES string of the molecule is CCNC(=NCC(C)(O)c1ccco1)NCCCN1CCCC(C)C1. The van der Waals surface area contributed by atoms with Gasteiger partial charge in [0.25, 0.3) is 0 Å². The van der Waals surface area contributed by atoms with Gasteiger partial charge in [-0.05, 0) is 64.3 Å². The lowest BCUT2D eigenvalue weighted by Gasteiger charge is -2.30. The molecule has 6 nitrogen and oxygen atoms in total. The number of piperidine rings is 1. The van der Waals surface area contributed by atoms with Crippen LogP contribution in [-0.2, 0) is 5.60 Å². The lowest BCUT2D eigenvalue weighted by molar-refractivity contribution is 0.0437. The Hall–Kier alpha value is -1.53. The van der Waals surface area contributed by atoms with Crippen LogP contribution in [0, 0.1) is 5.92 Å². The molecule has 2 unspecified atom stereocenters. The predicted octanol–water partition coefficient (Wildman–Crippen LogP) is 2.16. The maximum Gasteiger partial charge on any atom is 0.191 e. The number of likely N-dealkylation sites (tertiary alicyclic amines) is 1. The van der Waals surface area contributed by atoms with E-state index in [9.17, 15) is 5.11 Å². The summed E-state index contributed by atoms with van der Waals surface area (Å²) in [6.07, 6.45) is 5.34. The van der Waals surface area contributed by atoms with Crippen molar-refractivity contribution in [2.45, 2.75) is 45.6 Å². The van der Waals surface area contributed by atoms with Crippen LogP contribution in [0.15, 0.2) is 27.8 Å². The molecule has 6 heteroatoms. The second kappa shape index (κ2) is 9.82. The topological polar surface area (TPSA) is 73.0 Å². The maximum absolute atomic E-state index is 10.5. The highest BCUT2D eigenvalue weighted by molar-refractivity contribution is 5.79. The summed E-state index contributed by atoms with van der Waals surface area (Å²) >= 11 is 0. The molecule has 1 fully saturated rings. The van der Waals surface area contributed by atoms with Gasteiger partial charge in [-0.3, -0.25) is 0 Å². The van der Waals surface area contributed by atoms with Crippen LogP contribution in [0.25, 0.3) is 0 Å². The average molecular weight is 351 g/mol. The minimum absolute atomic E-state index is 0.249. The third-order valence-electron chi connectivity index (χ3n) is 4.63. The summed E-state index contributed by atoms with van der Waals surface area (Å²) in [5, 5.41) is 17.1. The van der Waals surface area contributed by atoms with Crippen molar-refractivity contribution in [2.24, 2.45) is 10.9 Å². The predicted molar refractivity (Wildman–Crippen MR) is 102 cm³/mol. The molecule has 0 aliphatic carbocycles. The van der Waals surface area contributed by atoms with Gasteiger partial charge in [0.05, 0.1) is 12.8 Å². The zero-order valence-corrected chi connectivity index (χ0v) is 15.9. The fraction of sp³-hybridized carbons (Fsp3) is 0.737. The minimum Gasteiger partial charge on any atom is -0.466 e. The van der Waals surface area contributed by atoms with Gasteiger partial charge in [0.15, 0.2) is 5.96 Å². The molecular weight excluding hydrogens is 316 g/mol. The Morgan fingerprint density at radius 3 is 3.00 bits per heavy atom. The van der Waals surface area contributed by atoms with Crippen LogP contribution in [0.3, 0.4) is 0 Å². The molecule has 0 aromatic carbocycles. The lowest BCUT2D eigenvalue weighted by Crippen LogP contribution is -2.41. The zero-order chi connectivity index (χ0) is 18.1. The Balaban J connectivity index is 1.75. The molecule has 1 aromatic heterocycles. The number of rotatable bonds is 8. The van der Waals surface area contributed by atoms with Gasteiger partial charge >= 0.3 is 0 Å². The number of aliphatic hydroxyl groups is 1. The average Bonchev–Trinajstić information content (AvgIpc) is 3.12. The van der Waals surface area contributed by atoms with Crippen molar-refractivity contribution in [1.29, 1.82) is 0 Å². The zero-order valence-electron chi connectivity index (χ0n) is 15.9. The van der Waals surface area contributed by atoms with Crippen molar-refractivity contribution in [1.82, 2.24) is 15.5 Å². The van der Waals surface area contributed by atoms with Gasteiger partial charge in [-0.2, -0.15) is 0 Å². The van der Waals surface area contributed by atoms with Crippen LogP contribution in [0.5, 0.6) is 0 Å². The van der Waals surface area contributed by atoms with Crippen molar-refractivity contribution in [3.05, 3.63) is 24.2 Å². The van der Waals surface area contributed by atoms with Crippen LogP contribution < -0.4 is 10.6 Å². The van der Waals surface area contributed by atoms with Gasteiger partial charge in [0.1, 0.15) is 11.4 Å². The van der Waals surface area contributed by atoms with Crippen molar-refractivity contribution >= 4 is 5.96 Å². The first kappa shape index (κ1) is 19.8. The molecule has 142 valence electrons. The largest absolute Gasteiger partial charge is 0.466 e. The highest BCUT2D eigenvalue weighted by Crippen LogP contribution is 2.21. The summed E-state index contributed by atoms with van der Waals surface area (Å²) in [6.45, 7) is 11.6. The second-order valence-electron chi connectivity index (χ2n) is 7.27. The number of aliphatic imine (C=N–C) groups is 1. The number of hydrogen-bond acceptors (Lipinski definition) is 4. The Kier molecular flexibility index (Phi) is 7.78. The molecule has 0 radical (unpaired) electrons. The molecular formula is C19H34N4O2. The molecule has 3 N–H and O–H groups in total. The van der Waals surface area contributed by atoms with E-state index in [0.717, 1.165) is 37.9 Å². The van der Waals surface area contributed by atoms with E-state index in [1.165, 1.54) is 25.9 Å². The Bertz CT molecular complexity index is 514.